The minimum Gasteiger partial charge on any atom is -0.0716 e. The van der Waals surface area contributed by atoms with Crippen molar-refractivity contribution in [3.8, 4) is 0 Å². The second-order valence-corrected chi connectivity index (χ2v) is 3.51. The fourth-order valence-corrected chi connectivity index (χ4v) is 2.35. The van der Waals surface area contributed by atoms with Crippen LogP contribution in [-0.4, -0.2) is 5.80 Å². The molecule has 0 saturated heterocycles. The van der Waals surface area contributed by atoms with Crippen LogP contribution in [0.4, 0.5) is 0 Å². The van der Waals surface area contributed by atoms with Gasteiger partial charge in [0.2, 0.25) is 0 Å². The average Bonchev–Trinajstić information content (AvgIpc) is 2.44. The summed E-state index contributed by atoms with van der Waals surface area (Å²) in [5, 5.41) is 1.57. The Morgan fingerprint density at radius 1 is 1.50 bits per heavy atom. The van der Waals surface area contributed by atoms with Crippen LogP contribution >= 0.6 is 8.20 Å². The van der Waals surface area contributed by atoms with Gasteiger partial charge in [-0.05, 0) is 28.7 Å². The average molecular weight is 148 g/mol. The van der Waals surface area contributed by atoms with Crippen LogP contribution < -0.4 is 0 Å². The number of hydrogen-bond acceptors (Lipinski definition) is 0. The zero-order valence-electron chi connectivity index (χ0n) is 5.96. The summed E-state index contributed by atoms with van der Waals surface area (Å²) in [7, 11) is 1.41. The predicted molar refractivity (Wildman–Crippen MR) is 47.5 cm³/mol. The molecule has 0 aromatic carbocycles. The molecule has 0 radical (unpaired) electrons. The van der Waals surface area contributed by atoms with Crippen molar-refractivity contribution in [1.82, 2.24) is 0 Å². The monoisotopic (exact) mass is 148 g/mol. The van der Waals surface area contributed by atoms with Gasteiger partial charge in [-0.3, -0.25) is 0 Å². The Kier molecular flexibility index (Phi) is 1.35. The van der Waals surface area contributed by atoms with Crippen LogP contribution in [0.1, 0.15) is 13.3 Å². The first kappa shape index (κ1) is 6.12. The lowest BCUT2D eigenvalue weighted by atomic mass is 10.1. The maximum absolute atomic E-state index is 2.29. The second-order valence-electron chi connectivity index (χ2n) is 2.45. The maximum atomic E-state index is 2.29. The number of rotatable bonds is 1. The van der Waals surface area contributed by atoms with E-state index in [0.717, 1.165) is 0 Å². The van der Waals surface area contributed by atoms with Crippen molar-refractivity contribution in [3.63, 3.8) is 0 Å². The first-order valence-corrected chi connectivity index (χ1v) is 4.54. The van der Waals surface area contributed by atoms with Crippen molar-refractivity contribution in [2.75, 3.05) is 0 Å². The molecular weight excluding hydrogens is 139 g/mol. The Balaban J connectivity index is 2.49. The van der Waals surface area contributed by atoms with Crippen LogP contribution in [0.2, 0.25) is 0 Å². The largest absolute Gasteiger partial charge is 0.0716 e. The zero-order valence-corrected chi connectivity index (χ0v) is 6.86. The highest BCUT2D eigenvalue weighted by Crippen LogP contribution is 2.36. The summed E-state index contributed by atoms with van der Waals surface area (Å²) in [6, 6.07) is 0. The van der Waals surface area contributed by atoms with Gasteiger partial charge in [-0.25, -0.2) is 0 Å². The molecule has 0 atom stereocenters. The van der Waals surface area contributed by atoms with E-state index >= 15 is 0 Å². The molecule has 0 unspecified atom stereocenters. The summed E-state index contributed by atoms with van der Waals surface area (Å²) >= 11 is 0. The van der Waals surface area contributed by atoms with E-state index in [1.165, 1.54) is 25.8 Å². The summed E-state index contributed by atoms with van der Waals surface area (Å²) < 4.78 is 0. The summed E-state index contributed by atoms with van der Waals surface area (Å²) in [6.07, 6.45) is 7.72. The van der Waals surface area contributed by atoms with E-state index in [1.54, 1.807) is 5.31 Å². The van der Waals surface area contributed by atoms with Gasteiger partial charge in [0.15, 0.2) is 0 Å². The zero-order chi connectivity index (χ0) is 6.97. The minimum absolute atomic E-state index is 1.19. The van der Waals surface area contributed by atoms with Gasteiger partial charge in [-0.15, -0.1) is 0 Å². The SMILES string of the molecule is CCC1=C2C=CC=C2C=P1. The second kappa shape index (κ2) is 2.21. The first-order chi connectivity index (χ1) is 4.92. The molecule has 0 nitrogen and oxygen atoms in total. The first-order valence-electron chi connectivity index (χ1n) is 3.58. The molecule has 0 aromatic heterocycles. The molecule has 2 rings (SSSR count). The van der Waals surface area contributed by atoms with Gasteiger partial charge in [0.05, 0.1) is 0 Å². The molecule has 1 aliphatic heterocycles. The van der Waals surface area contributed by atoms with Gasteiger partial charge in [0.1, 0.15) is 0 Å². The minimum atomic E-state index is 1.19. The summed E-state index contributed by atoms with van der Waals surface area (Å²) in [5.41, 5.74) is 2.91. The molecule has 1 heteroatoms. The Morgan fingerprint density at radius 3 is 3.20 bits per heavy atom. The lowest BCUT2D eigenvalue weighted by Gasteiger charge is -1.94. The van der Waals surface area contributed by atoms with Gasteiger partial charge in [0, 0.05) is 0 Å². The molecule has 1 aliphatic carbocycles. The third-order valence-electron chi connectivity index (χ3n) is 1.85. The highest BCUT2D eigenvalue weighted by molar-refractivity contribution is 7.44. The normalized spacial score (nSPS) is 21.9. The van der Waals surface area contributed by atoms with Gasteiger partial charge in [-0.1, -0.05) is 33.4 Å². The van der Waals surface area contributed by atoms with Crippen molar-refractivity contribution in [3.05, 3.63) is 34.7 Å². The van der Waals surface area contributed by atoms with Gasteiger partial charge in [-0.2, -0.15) is 0 Å². The van der Waals surface area contributed by atoms with Crippen LogP contribution in [0, 0.1) is 0 Å². The fourth-order valence-electron chi connectivity index (χ4n) is 1.31. The van der Waals surface area contributed by atoms with Crippen LogP contribution in [0.25, 0.3) is 0 Å². The molecule has 0 aromatic rings. The molecule has 1 heterocycles. The van der Waals surface area contributed by atoms with Gasteiger partial charge in [0.25, 0.3) is 0 Å². The molecule has 50 valence electrons. The quantitative estimate of drug-likeness (QED) is 0.501. The topological polar surface area (TPSA) is 0 Å². The van der Waals surface area contributed by atoms with E-state index in [0.29, 0.717) is 0 Å². The Labute approximate surface area is 62.8 Å². The van der Waals surface area contributed by atoms with Gasteiger partial charge < -0.3 is 0 Å². The lowest BCUT2D eigenvalue weighted by Crippen LogP contribution is -1.78. The number of hydrogen-bond donors (Lipinski definition) is 0. The molecule has 10 heavy (non-hydrogen) atoms. The van der Waals surface area contributed by atoms with E-state index in [2.05, 4.69) is 30.9 Å². The summed E-state index contributed by atoms with van der Waals surface area (Å²) in [4.78, 5) is 0. The molecular formula is C9H9P. The van der Waals surface area contributed by atoms with E-state index in [9.17, 15) is 0 Å². The van der Waals surface area contributed by atoms with Gasteiger partial charge >= 0.3 is 0 Å². The van der Waals surface area contributed by atoms with Crippen molar-refractivity contribution in [2.24, 2.45) is 0 Å². The Morgan fingerprint density at radius 2 is 2.40 bits per heavy atom. The molecule has 0 N–H and O–H groups in total. The Bertz CT molecular complexity index is 277. The van der Waals surface area contributed by atoms with Crippen LogP contribution in [-0.2, 0) is 0 Å². The third kappa shape index (κ3) is 0.726. The maximum Gasteiger partial charge on any atom is -0.0103 e. The van der Waals surface area contributed by atoms with Crippen molar-refractivity contribution in [2.45, 2.75) is 13.3 Å². The summed E-state index contributed by atoms with van der Waals surface area (Å²) in [5.74, 6) is 2.29. The molecule has 0 amide bonds. The summed E-state index contributed by atoms with van der Waals surface area (Å²) in [6.45, 7) is 2.22. The third-order valence-corrected chi connectivity index (χ3v) is 3.13. The van der Waals surface area contributed by atoms with Crippen LogP contribution in [0.15, 0.2) is 34.7 Å². The smallest absolute Gasteiger partial charge is 0.0103 e. The molecule has 0 spiro atoms. The Hall–Kier alpha value is -0.610. The van der Waals surface area contributed by atoms with E-state index < -0.39 is 0 Å². The number of fused-ring (bicyclic) bond motifs is 1. The van der Waals surface area contributed by atoms with Crippen LogP contribution in [0.5, 0.6) is 0 Å². The lowest BCUT2D eigenvalue weighted by molar-refractivity contribution is 1.19. The van der Waals surface area contributed by atoms with Crippen LogP contribution in [0.3, 0.4) is 0 Å². The predicted octanol–water partition coefficient (Wildman–Crippen LogP) is 2.91. The molecule has 2 aliphatic rings. The molecule has 0 fully saturated rings. The van der Waals surface area contributed by atoms with E-state index in [4.69, 9.17) is 0 Å². The highest BCUT2D eigenvalue weighted by atomic mass is 31.1. The molecule has 0 saturated carbocycles. The fraction of sp³-hybridized carbons (Fsp3) is 0.222. The van der Waals surface area contributed by atoms with Crippen molar-refractivity contribution >= 4 is 14.0 Å². The van der Waals surface area contributed by atoms with Crippen molar-refractivity contribution < 1.29 is 0 Å². The standard InChI is InChI=1S/C9H9P/c1-2-9-8-5-3-4-7(8)6-10-9/h3-6H,2H2,1H3. The van der Waals surface area contributed by atoms with E-state index in [-0.39, 0.29) is 0 Å². The number of allylic oxidation sites excluding steroid dienone is 6. The van der Waals surface area contributed by atoms with Crippen molar-refractivity contribution in [1.29, 1.82) is 0 Å². The van der Waals surface area contributed by atoms with E-state index in [1.807, 2.05) is 0 Å². The highest BCUT2D eigenvalue weighted by Gasteiger charge is 2.12. The molecule has 0 bridgehead atoms.